The van der Waals surface area contributed by atoms with Crippen LogP contribution in [0.25, 0.3) is 11.0 Å². The minimum atomic E-state index is -0.819. The van der Waals surface area contributed by atoms with Crippen molar-refractivity contribution in [2.24, 2.45) is 0 Å². The van der Waals surface area contributed by atoms with E-state index in [1.165, 1.54) is 11.8 Å². The summed E-state index contributed by atoms with van der Waals surface area (Å²) >= 11 is 1.53. The number of aromatic nitrogens is 2. The van der Waals surface area contributed by atoms with Gasteiger partial charge in [0, 0.05) is 4.90 Å². The quantitative estimate of drug-likeness (QED) is 0.778. The first-order valence-electron chi connectivity index (χ1n) is 4.43. The van der Waals surface area contributed by atoms with Gasteiger partial charge in [-0.15, -0.1) is 11.8 Å². The molecule has 2 N–H and O–H groups in total. The summed E-state index contributed by atoms with van der Waals surface area (Å²) in [7, 11) is 0. The van der Waals surface area contributed by atoms with Crippen LogP contribution in [0, 0.1) is 0 Å². The van der Waals surface area contributed by atoms with Crippen molar-refractivity contribution in [3.63, 3.8) is 0 Å². The normalized spacial score (nSPS) is 10.7. The molecule has 0 unspecified atom stereocenters. The molecule has 2 aromatic rings. The van der Waals surface area contributed by atoms with Gasteiger partial charge in [-0.05, 0) is 17.9 Å². The van der Waals surface area contributed by atoms with E-state index in [0.29, 0.717) is 0 Å². The predicted molar refractivity (Wildman–Crippen MR) is 59.2 cm³/mol. The maximum atomic E-state index is 10.7. The van der Waals surface area contributed by atoms with Crippen LogP contribution in [0.3, 0.4) is 0 Å². The summed E-state index contributed by atoms with van der Waals surface area (Å²) in [6.07, 6.45) is 3.59. The first-order chi connectivity index (χ1) is 7.22. The van der Waals surface area contributed by atoms with Gasteiger partial charge >= 0.3 is 5.97 Å². The van der Waals surface area contributed by atoms with E-state index in [1.807, 2.05) is 18.4 Å². The van der Waals surface area contributed by atoms with Gasteiger partial charge in [-0.1, -0.05) is 6.07 Å². The molecule has 4 nitrogen and oxygen atoms in total. The van der Waals surface area contributed by atoms with Gasteiger partial charge in [-0.25, -0.2) is 4.98 Å². The maximum Gasteiger partial charge on any atom is 0.307 e. The van der Waals surface area contributed by atoms with E-state index in [-0.39, 0.29) is 6.42 Å². The predicted octanol–water partition coefficient (Wildman–Crippen LogP) is 1.91. The van der Waals surface area contributed by atoms with E-state index in [4.69, 9.17) is 5.11 Å². The Balaban J connectivity index is 2.58. The number of hydrogen-bond acceptors (Lipinski definition) is 3. The highest BCUT2D eigenvalue weighted by atomic mass is 32.2. The Kier molecular flexibility index (Phi) is 2.64. The number of aliphatic carboxylic acids is 1. The molecular weight excluding hydrogens is 212 g/mol. The van der Waals surface area contributed by atoms with Crippen LogP contribution < -0.4 is 0 Å². The second-order valence-electron chi connectivity index (χ2n) is 3.13. The lowest BCUT2D eigenvalue weighted by atomic mass is 10.1. The van der Waals surface area contributed by atoms with E-state index < -0.39 is 5.97 Å². The molecule has 0 aliphatic carbocycles. The number of carboxylic acids is 1. The molecule has 0 spiro atoms. The molecule has 1 aromatic carbocycles. The second kappa shape index (κ2) is 3.94. The van der Waals surface area contributed by atoms with Crippen molar-refractivity contribution >= 4 is 28.8 Å². The van der Waals surface area contributed by atoms with Gasteiger partial charge in [-0.3, -0.25) is 4.79 Å². The SMILES string of the molecule is CSc1c(CC(=O)O)ccc2[nH]cnc12. The molecule has 0 saturated carbocycles. The Morgan fingerprint density at radius 3 is 3.07 bits per heavy atom. The molecule has 0 aliphatic heterocycles. The van der Waals surface area contributed by atoms with Gasteiger partial charge in [0.25, 0.3) is 0 Å². The fourth-order valence-corrected chi connectivity index (χ4v) is 2.31. The summed E-state index contributed by atoms with van der Waals surface area (Å²) in [4.78, 5) is 18.8. The van der Waals surface area contributed by atoms with E-state index in [2.05, 4.69) is 9.97 Å². The number of benzene rings is 1. The summed E-state index contributed by atoms with van der Waals surface area (Å²) in [6.45, 7) is 0. The molecule has 78 valence electrons. The Labute approximate surface area is 90.7 Å². The van der Waals surface area contributed by atoms with Crippen LogP contribution in [-0.4, -0.2) is 27.3 Å². The molecule has 0 fully saturated rings. The highest BCUT2D eigenvalue weighted by Crippen LogP contribution is 2.28. The van der Waals surface area contributed by atoms with Crippen molar-refractivity contribution in [2.75, 3.05) is 6.26 Å². The Bertz CT molecular complexity index is 507. The van der Waals surface area contributed by atoms with Gasteiger partial charge < -0.3 is 10.1 Å². The molecule has 1 heterocycles. The third-order valence-electron chi connectivity index (χ3n) is 2.17. The molecule has 2 rings (SSSR count). The number of fused-ring (bicyclic) bond motifs is 1. The zero-order chi connectivity index (χ0) is 10.8. The van der Waals surface area contributed by atoms with Crippen LogP contribution in [-0.2, 0) is 11.2 Å². The Hall–Kier alpha value is -1.49. The number of H-pyrrole nitrogens is 1. The monoisotopic (exact) mass is 222 g/mol. The average molecular weight is 222 g/mol. The van der Waals surface area contributed by atoms with Crippen molar-refractivity contribution in [3.8, 4) is 0 Å². The zero-order valence-corrected chi connectivity index (χ0v) is 8.97. The Morgan fingerprint density at radius 1 is 1.60 bits per heavy atom. The number of nitrogens with one attached hydrogen (secondary N) is 1. The number of nitrogens with zero attached hydrogens (tertiary/aromatic N) is 1. The summed E-state index contributed by atoms with van der Waals surface area (Å²) in [6, 6.07) is 3.70. The number of hydrogen-bond donors (Lipinski definition) is 2. The van der Waals surface area contributed by atoms with Gasteiger partial charge in [0.05, 0.1) is 18.3 Å². The standard InChI is InChI=1S/C10H10N2O2S/c1-15-10-6(4-8(13)14)2-3-7-9(10)12-5-11-7/h2-3,5H,4H2,1H3,(H,11,12)(H,13,14). The highest BCUT2D eigenvalue weighted by molar-refractivity contribution is 7.98. The summed E-state index contributed by atoms with van der Waals surface area (Å²) in [5.74, 6) is -0.819. The number of imidazole rings is 1. The molecule has 0 atom stereocenters. The minimum absolute atomic E-state index is 0.0406. The van der Waals surface area contributed by atoms with Crippen LogP contribution in [0.2, 0.25) is 0 Å². The number of aromatic amines is 1. The van der Waals surface area contributed by atoms with Crippen molar-refractivity contribution in [3.05, 3.63) is 24.0 Å². The largest absolute Gasteiger partial charge is 0.481 e. The van der Waals surface area contributed by atoms with Gasteiger partial charge in [0.15, 0.2) is 0 Å². The molecule has 0 radical (unpaired) electrons. The Morgan fingerprint density at radius 2 is 2.40 bits per heavy atom. The zero-order valence-electron chi connectivity index (χ0n) is 8.15. The summed E-state index contributed by atoms with van der Waals surface area (Å²) < 4.78 is 0. The van der Waals surface area contributed by atoms with E-state index in [9.17, 15) is 4.79 Å². The van der Waals surface area contributed by atoms with E-state index in [1.54, 1.807) is 6.33 Å². The second-order valence-corrected chi connectivity index (χ2v) is 3.94. The molecule has 0 amide bonds. The van der Waals surface area contributed by atoms with Crippen LogP contribution >= 0.6 is 11.8 Å². The lowest BCUT2D eigenvalue weighted by Crippen LogP contribution is -2.01. The minimum Gasteiger partial charge on any atom is -0.481 e. The van der Waals surface area contributed by atoms with Crippen molar-refractivity contribution < 1.29 is 9.90 Å². The molecule has 5 heteroatoms. The van der Waals surface area contributed by atoms with Gasteiger partial charge in [0.1, 0.15) is 5.52 Å². The topological polar surface area (TPSA) is 66.0 Å². The van der Waals surface area contributed by atoms with Gasteiger partial charge in [0.2, 0.25) is 0 Å². The lowest BCUT2D eigenvalue weighted by Gasteiger charge is -2.05. The smallest absolute Gasteiger partial charge is 0.307 e. The lowest BCUT2D eigenvalue weighted by molar-refractivity contribution is -0.136. The van der Waals surface area contributed by atoms with E-state index >= 15 is 0 Å². The molecule has 0 aliphatic rings. The number of carbonyl (C=O) groups is 1. The molecule has 1 aromatic heterocycles. The number of thioether (sulfide) groups is 1. The van der Waals surface area contributed by atoms with Crippen LogP contribution in [0.15, 0.2) is 23.4 Å². The first-order valence-corrected chi connectivity index (χ1v) is 5.65. The highest BCUT2D eigenvalue weighted by Gasteiger charge is 2.11. The van der Waals surface area contributed by atoms with Crippen molar-refractivity contribution in [2.45, 2.75) is 11.3 Å². The van der Waals surface area contributed by atoms with Gasteiger partial charge in [-0.2, -0.15) is 0 Å². The van der Waals surface area contributed by atoms with Crippen molar-refractivity contribution in [1.82, 2.24) is 9.97 Å². The fourth-order valence-electron chi connectivity index (χ4n) is 1.55. The summed E-state index contributed by atoms with van der Waals surface area (Å²) in [5, 5.41) is 8.77. The van der Waals surface area contributed by atoms with Crippen LogP contribution in [0.5, 0.6) is 0 Å². The average Bonchev–Trinajstić information content (AvgIpc) is 2.64. The maximum absolute atomic E-state index is 10.7. The summed E-state index contributed by atoms with van der Waals surface area (Å²) in [5.41, 5.74) is 2.60. The molecule has 15 heavy (non-hydrogen) atoms. The van der Waals surface area contributed by atoms with Crippen LogP contribution in [0.1, 0.15) is 5.56 Å². The third kappa shape index (κ3) is 1.83. The molecule has 0 saturated heterocycles. The number of carboxylic acid groups (broad SMARTS) is 1. The third-order valence-corrected chi connectivity index (χ3v) is 3.04. The van der Waals surface area contributed by atoms with Crippen molar-refractivity contribution in [1.29, 1.82) is 0 Å². The van der Waals surface area contributed by atoms with E-state index in [0.717, 1.165) is 21.5 Å². The number of rotatable bonds is 3. The molecule has 0 bridgehead atoms. The first kappa shape index (κ1) is 10.0. The van der Waals surface area contributed by atoms with Crippen LogP contribution in [0.4, 0.5) is 0 Å². The molecular formula is C10H10N2O2S. The fraction of sp³-hybridized carbons (Fsp3) is 0.200.